The van der Waals surface area contributed by atoms with Crippen LogP contribution >= 0.6 is 11.3 Å². The van der Waals surface area contributed by atoms with Gasteiger partial charge >= 0.3 is 0 Å². The van der Waals surface area contributed by atoms with Gasteiger partial charge in [0.15, 0.2) is 0 Å². The Hall–Kier alpha value is -3.32. The third kappa shape index (κ3) is 4.14. The van der Waals surface area contributed by atoms with Crippen LogP contribution in [-0.2, 0) is 0 Å². The van der Waals surface area contributed by atoms with Crippen molar-refractivity contribution < 1.29 is 14.3 Å². The number of anilines is 1. The molecule has 1 atom stereocenters. The van der Waals surface area contributed by atoms with Gasteiger partial charge in [0, 0.05) is 37.8 Å². The van der Waals surface area contributed by atoms with Crippen LogP contribution in [0.15, 0.2) is 65.1 Å². The molecule has 0 N–H and O–H groups in total. The van der Waals surface area contributed by atoms with E-state index in [4.69, 9.17) is 14.6 Å². The van der Waals surface area contributed by atoms with Crippen LogP contribution < -0.4 is 14.4 Å². The second-order valence-corrected chi connectivity index (χ2v) is 8.39. The summed E-state index contributed by atoms with van der Waals surface area (Å²) >= 11 is 1.42. The minimum atomic E-state index is -0.187. The molecule has 0 aliphatic carbocycles. The van der Waals surface area contributed by atoms with E-state index in [1.807, 2.05) is 49.8 Å². The lowest BCUT2D eigenvalue weighted by molar-refractivity contribution is 0.0716. The van der Waals surface area contributed by atoms with Gasteiger partial charge in [-0.2, -0.15) is 5.10 Å². The number of hydrogen-bond donors (Lipinski definition) is 0. The summed E-state index contributed by atoms with van der Waals surface area (Å²) in [4.78, 5) is 16.0. The Balaban J connectivity index is 1.73. The number of thiophene rings is 1. The predicted molar refractivity (Wildman–Crippen MR) is 125 cm³/mol. The topological polar surface area (TPSA) is 54.4 Å². The van der Waals surface area contributed by atoms with E-state index < -0.39 is 0 Å². The lowest BCUT2D eigenvalue weighted by Gasteiger charge is -2.22. The summed E-state index contributed by atoms with van der Waals surface area (Å²) in [5, 5.41) is 8.28. The molecule has 1 amide bonds. The Bertz CT molecular complexity index is 1090. The molecule has 0 radical (unpaired) electrons. The second kappa shape index (κ2) is 8.81. The van der Waals surface area contributed by atoms with E-state index in [0.717, 1.165) is 22.5 Å². The Labute approximate surface area is 186 Å². The van der Waals surface area contributed by atoms with Gasteiger partial charge in [-0.05, 0) is 41.3 Å². The molecular weight excluding hydrogens is 410 g/mol. The molecule has 1 aliphatic heterocycles. The molecule has 4 rings (SSSR count). The van der Waals surface area contributed by atoms with Crippen LogP contribution in [0.25, 0.3) is 0 Å². The van der Waals surface area contributed by atoms with Crippen LogP contribution in [0.2, 0.25) is 0 Å². The Morgan fingerprint density at radius 3 is 2.48 bits per heavy atom. The zero-order chi connectivity index (χ0) is 22.0. The lowest BCUT2D eigenvalue weighted by Crippen LogP contribution is -2.26. The largest absolute Gasteiger partial charge is 0.497 e. The highest BCUT2D eigenvalue weighted by atomic mass is 32.1. The lowest BCUT2D eigenvalue weighted by atomic mass is 9.97. The van der Waals surface area contributed by atoms with E-state index >= 15 is 0 Å². The molecule has 1 aliphatic rings. The number of benzene rings is 2. The number of hydrogen-bond acceptors (Lipinski definition) is 6. The summed E-state index contributed by atoms with van der Waals surface area (Å²) < 4.78 is 10.9. The van der Waals surface area contributed by atoms with Gasteiger partial charge in [0.25, 0.3) is 5.91 Å². The molecule has 0 saturated heterocycles. The molecule has 2 heterocycles. The highest BCUT2D eigenvalue weighted by Crippen LogP contribution is 2.37. The SMILES string of the molecule is COc1ccc(C2=NN(C(=O)c3cccs3)[C@H](c3ccc(N(C)C)cc3)C2)c(OC)c1. The van der Waals surface area contributed by atoms with E-state index in [1.165, 1.54) is 11.3 Å². The Kier molecular flexibility index (Phi) is 5.95. The average molecular weight is 436 g/mol. The molecule has 2 aromatic carbocycles. The van der Waals surface area contributed by atoms with Crippen LogP contribution in [0.3, 0.4) is 0 Å². The van der Waals surface area contributed by atoms with E-state index in [2.05, 4.69) is 29.2 Å². The number of methoxy groups -OCH3 is 2. The molecule has 31 heavy (non-hydrogen) atoms. The van der Waals surface area contributed by atoms with Gasteiger partial charge in [0.05, 0.1) is 30.9 Å². The third-order valence-corrected chi connectivity index (χ3v) is 6.22. The Morgan fingerprint density at radius 2 is 1.87 bits per heavy atom. The number of carbonyl (C=O) groups is 1. The number of ether oxygens (including phenoxy) is 2. The van der Waals surface area contributed by atoms with Gasteiger partial charge in [-0.25, -0.2) is 5.01 Å². The molecule has 7 heteroatoms. The van der Waals surface area contributed by atoms with Crippen molar-refractivity contribution in [3.8, 4) is 11.5 Å². The maximum absolute atomic E-state index is 13.3. The fourth-order valence-corrected chi connectivity index (χ4v) is 4.32. The van der Waals surface area contributed by atoms with Crippen LogP contribution in [0, 0.1) is 0 Å². The van der Waals surface area contributed by atoms with Gasteiger partial charge in [0.2, 0.25) is 0 Å². The van der Waals surface area contributed by atoms with Crippen molar-refractivity contribution in [2.24, 2.45) is 5.10 Å². The highest BCUT2D eigenvalue weighted by molar-refractivity contribution is 7.12. The van der Waals surface area contributed by atoms with Crippen LogP contribution in [0.5, 0.6) is 11.5 Å². The van der Waals surface area contributed by atoms with Crippen molar-refractivity contribution in [3.05, 3.63) is 76.0 Å². The van der Waals surface area contributed by atoms with Gasteiger partial charge in [-0.1, -0.05) is 18.2 Å². The van der Waals surface area contributed by atoms with E-state index in [-0.39, 0.29) is 11.9 Å². The van der Waals surface area contributed by atoms with Gasteiger partial charge in [-0.3, -0.25) is 4.79 Å². The number of nitrogens with zero attached hydrogens (tertiary/aromatic N) is 3. The Morgan fingerprint density at radius 1 is 1.10 bits per heavy atom. The first-order chi connectivity index (χ1) is 15.0. The summed E-state index contributed by atoms with van der Waals surface area (Å²) in [6.45, 7) is 0. The van der Waals surface area contributed by atoms with Crippen molar-refractivity contribution in [2.75, 3.05) is 33.2 Å². The summed E-state index contributed by atoms with van der Waals surface area (Å²) in [5.41, 5.74) is 3.82. The summed E-state index contributed by atoms with van der Waals surface area (Å²) in [7, 11) is 7.26. The molecule has 0 bridgehead atoms. The molecule has 3 aromatic rings. The maximum Gasteiger partial charge on any atom is 0.284 e. The van der Waals surface area contributed by atoms with Crippen molar-refractivity contribution in [3.63, 3.8) is 0 Å². The number of rotatable bonds is 6. The minimum Gasteiger partial charge on any atom is -0.497 e. The van der Waals surface area contributed by atoms with Crippen LogP contribution in [0.4, 0.5) is 5.69 Å². The molecule has 0 spiro atoms. The monoisotopic (exact) mass is 435 g/mol. The quantitative estimate of drug-likeness (QED) is 0.557. The van der Waals surface area contributed by atoms with Crippen molar-refractivity contribution >= 4 is 28.6 Å². The smallest absolute Gasteiger partial charge is 0.284 e. The molecule has 1 aromatic heterocycles. The average Bonchev–Trinajstić information content (AvgIpc) is 3.49. The number of carbonyl (C=O) groups excluding carboxylic acids is 1. The molecule has 0 saturated carbocycles. The third-order valence-electron chi connectivity index (χ3n) is 5.36. The fraction of sp³-hybridized carbons (Fsp3) is 0.250. The standard InChI is InChI=1S/C24H25N3O3S/c1-26(2)17-9-7-16(8-10-17)21-15-20(19-12-11-18(29-3)14-22(19)30-4)25-27(21)24(28)23-6-5-13-31-23/h5-14,21H,15H2,1-4H3/t21-/m0/s1. The highest BCUT2D eigenvalue weighted by Gasteiger charge is 2.35. The van der Waals surface area contributed by atoms with E-state index in [9.17, 15) is 4.79 Å². The summed E-state index contributed by atoms with van der Waals surface area (Å²) in [5.74, 6) is 1.28. The van der Waals surface area contributed by atoms with Gasteiger partial charge in [-0.15, -0.1) is 11.3 Å². The molecule has 0 fully saturated rings. The first-order valence-electron chi connectivity index (χ1n) is 9.96. The van der Waals surface area contributed by atoms with Crippen molar-refractivity contribution in [2.45, 2.75) is 12.5 Å². The van der Waals surface area contributed by atoms with E-state index in [0.29, 0.717) is 22.8 Å². The van der Waals surface area contributed by atoms with Crippen LogP contribution in [-0.4, -0.2) is 44.9 Å². The second-order valence-electron chi connectivity index (χ2n) is 7.45. The van der Waals surface area contributed by atoms with Crippen LogP contribution in [0.1, 0.15) is 33.3 Å². The van der Waals surface area contributed by atoms with Gasteiger partial charge in [0.1, 0.15) is 11.5 Å². The van der Waals surface area contributed by atoms with Crippen molar-refractivity contribution in [1.82, 2.24) is 5.01 Å². The molecular formula is C24H25N3O3S. The van der Waals surface area contributed by atoms with Gasteiger partial charge < -0.3 is 14.4 Å². The molecule has 160 valence electrons. The number of hydrazone groups is 1. The fourth-order valence-electron chi connectivity index (χ4n) is 3.66. The first-order valence-corrected chi connectivity index (χ1v) is 10.8. The summed E-state index contributed by atoms with van der Waals surface area (Å²) in [6.07, 6.45) is 0.598. The van der Waals surface area contributed by atoms with E-state index in [1.54, 1.807) is 19.2 Å². The molecule has 6 nitrogen and oxygen atoms in total. The van der Waals surface area contributed by atoms with Crippen molar-refractivity contribution in [1.29, 1.82) is 0 Å². The normalized spacial score (nSPS) is 15.5. The zero-order valence-electron chi connectivity index (χ0n) is 18.0. The minimum absolute atomic E-state index is 0.0980. The predicted octanol–water partition coefficient (Wildman–Crippen LogP) is 4.82. The molecule has 0 unspecified atom stereocenters. The summed E-state index contributed by atoms with van der Waals surface area (Å²) in [6, 6.07) is 17.4. The number of amides is 1. The zero-order valence-corrected chi connectivity index (χ0v) is 18.8. The maximum atomic E-state index is 13.3. The first kappa shape index (κ1) is 20.9.